The first-order valence-electron chi connectivity index (χ1n) is 6.05. The SMILES string of the molecule is NC(c1ccc2c(c1)COC2)c1cc(Br)ccc1Cl. The number of rotatable bonds is 2. The lowest BCUT2D eigenvalue weighted by Crippen LogP contribution is -2.12. The van der Waals surface area contributed by atoms with Crippen molar-refractivity contribution in [3.63, 3.8) is 0 Å². The Hall–Kier alpha value is -0.870. The summed E-state index contributed by atoms with van der Waals surface area (Å²) in [6, 6.07) is 11.8. The third-order valence-corrected chi connectivity index (χ3v) is 4.24. The predicted octanol–water partition coefficient (Wildman–Crippen LogP) is 4.18. The van der Waals surface area contributed by atoms with Crippen molar-refractivity contribution >= 4 is 27.5 Å². The van der Waals surface area contributed by atoms with Crippen molar-refractivity contribution in [2.75, 3.05) is 0 Å². The Balaban J connectivity index is 1.99. The first-order valence-corrected chi connectivity index (χ1v) is 7.22. The van der Waals surface area contributed by atoms with Crippen LogP contribution in [-0.4, -0.2) is 0 Å². The smallest absolute Gasteiger partial charge is 0.0725 e. The van der Waals surface area contributed by atoms with E-state index in [9.17, 15) is 0 Å². The highest BCUT2D eigenvalue weighted by molar-refractivity contribution is 9.10. The zero-order valence-corrected chi connectivity index (χ0v) is 12.5. The second-order valence-corrected chi connectivity index (χ2v) is 5.99. The number of hydrogen-bond acceptors (Lipinski definition) is 2. The van der Waals surface area contributed by atoms with Crippen LogP contribution in [0.2, 0.25) is 5.02 Å². The minimum absolute atomic E-state index is 0.226. The van der Waals surface area contributed by atoms with Gasteiger partial charge in [0.15, 0.2) is 0 Å². The molecule has 19 heavy (non-hydrogen) atoms. The van der Waals surface area contributed by atoms with Gasteiger partial charge in [0.25, 0.3) is 0 Å². The van der Waals surface area contributed by atoms with Gasteiger partial charge in [0, 0.05) is 9.50 Å². The van der Waals surface area contributed by atoms with Crippen LogP contribution in [0, 0.1) is 0 Å². The molecule has 0 aromatic heterocycles. The maximum atomic E-state index is 6.33. The fourth-order valence-electron chi connectivity index (χ4n) is 2.32. The number of benzene rings is 2. The molecule has 0 radical (unpaired) electrons. The van der Waals surface area contributed by atoms with Gasteiger partial charge in [-0.3, -0.25) is 0 Å². The van der Waals surface area contributed by atoms with Crippen molar-refractivity contribution in [2.45, 2.75) is 19.3 Å². The summed E-state index contributed by atoms with van der Waals surface area (Å²) < 4.78 is 6.40. The van der Waals surface area contributed by atoms with E-state index >= 15 is 0 Å². The van der Waals surface area contributed by atoms with E-state index in [1.807, 2.05) is 18.2 Å². The number of fused-ring (bicyclic) bond motifs is 1. The van der Waals surface area contributed by atoms with E-state index in [1.54, 1.807) is 0 Å². The summed E-state index contributed by atoms with van der Waals surface area (Å²) in [5, 5.41) is 0.687. The van der Waals surface area contributed by atoms with E-state index in [4.69, 9.17) is 22.1 Å². The Morgan fingerprint density at radius 1 is 1.11 bits per heavy atom. The van der Waals surface area contributed by atoms with E-state index in [0.717, 1.165) is 15.6 Å². The Labute approximate surface area is 125 Å². The molecular formula is C15H13BrClNO. The molecule has 98 valence electrons. The van der Waals surface area contributed by atoms with Gasteiger partial charge >= 0.3 is 0 Å². The molecule has 0 saturated heterocycles. The summed E-state index contributed by atoms with van der Waals surface area (Å²) in [4.78, 5) is 0. The third kappa shape index (κ3) is 2.56. The highest BCUT2D eigenvalue weighted by Crippen LogP contribution is 2.31. The Morgan fingerprint density at radius 3 is 2.74 bits per heavy atom. The topological polar surface area (TPSA) is 35.2 Å². The lowest BCUT2D eigenvalue weighted by atomic mass is 9.96. The minimum atomic E-state index is -0.226. The Bertz CT molecular complexity index is 630. The standard InChI is InChI=1S/C15H13BrClNO/c16-12-3-4-14(17)13(6-12)15(18)9-1-2-10-7-19-8-11(10)5-9/h1-6,15H,7-8,18H2. The molecule has 4 heteroatoms. The van der Waals surface area contributed by atoms with Gasteiger partial charge in [0.05, 0.1) is 19.3 Å². The zero-order valence-electron chi connectivity index (χ0n) is 10.2. The van der Waals surface area contributed by atoms with E-state index in [-0.39, 0.29) is 6.04 Å². The van der Waals surface area contributed by atoms with Crippen molar-refractivity contribution in [3.05, 3.63) is 68.1 Å². The van der Waals surface area contributed by atoms with Gasteiger partial charge < -0.3 is 10.5 Å². The highest BCUT2D eigenvalue weighted by Gasteiger charge is 2.17. The van der Waals surface area contributed by atoms with E-state index < -0.39 is 0 Å². The molecule has 1 heterocycles. The Kier molecular flexibility index (Phi) is 3.63. The average molecular weight is 339 g/mol. The van der Waals surface area contributed by atoms with Gasteiger partial charge in [-0.15, -0.1) is 0 Å². The highest BCUT2D eigenvalue weighted by atomic mass is 79.9. The van der Waals surface area contributed by atoms with Crippen LogP contribution in [0.4, 0.5) is 0 Å². The maximum Gasteiger partial charge on any atom is 0.0725 e. The van der Waals surface area contributed by atoms with Crippen molar-refractivity contribution in [1.82, 2.24) is 0 Å². The summed E-state index contributed by atoms with van der Waals surface area (Å²) in [5.41, 5.74) is 10.8. The molecule has 2 N–H and O–H groups in total. The number of nitrogens with two attached hydrogens (primary N) is 1. The van der Waals surface area contributed by atoms with E-state index in [0.29, 0.717) is 18.2 Å². The van der Waals surface area contributed by atoms with Crippen LogP contribution in [0.15, 0.2) is 40.9 Å². The number of hydrogen-bond donors (Lipinski definition) is 1. The van der Waals surface area contributed by atoms with Crippen molar-refractivity contribution in [2.24, 2.45) is 5.73 Å². The summed E-state index contributed by atoms with van der Waals surface area (Å²) in [6.07, 6.45) is 0. The molecule has 2 nitrogen and oxygen atoms in total. The molecule has 3 rings (SSSR count). The van der Waals surface area contributed by atoms with Crippen LogP contribution in [0.25, 0.3) is 0 Å². The van der Waals surface area contributed by atoms with Crippen LogP contribution >= 0.6 is 27.5 Å². The molecule has 1 aliphatic heterocycles. The second kappa shape index (κ2) is 5.25. The van der Waals surface area contributed by atoms with Crippen LogP contribution in [0.3, 0.4) is 0 Å². The van der Waals surface area contributed by atoms with Gasteiger partial charge in [-0.1, -0.05) is 45.7 Å². The first kappa shape index (κ1) is 13.1. The third-order valence-electron chi connectivity index (χ3n) is 3.40. The molecule has 0 fully saturated rings. The second-order valence-electron chi connectivity index (χ2n) is 4.66. The molecule has 1 atom stereocenters. The summed E-state index contributed by atoms with van der Waals surface area (Å²) in [6.45, 7) is 1.37. The predicted molar refractivity (Wildman–Crippen MR) is 80.1 cm³/mol. The van der Waals surface area contributed by atoms with Gasteiger partial charge in [0.1, 0.15) is 0 Å². The summed E-state index contributed by atoms with van der Waals surface area (Å²) >= 11 is 9.69. The van der Waals surface area contributed by atoms with Crippen molar-refractivity contribution < 1.29 is 4.74 Å². The molecular weight excluding hydrogens is 326 g/mol. The molecule has 0 aliphatic carbocycles. The lowest BCUT2D eigenvalue weighted by Gasteiger charge is -2.15. The van der Waals surface area contributed by atoms with Crippen LogP contribution in [0.1, 0.15) is 28.3 Å². The fourth-order valence-corrected chi connectivity index (χ4v) is 2.93. The molecule has 1 aliphatic rings. The molecule has 2 aromatic rings. The maximum absolute atomic E-state index is 6.33. The number of halogens is 2. The average Bonchev–Trinajstić information content (AvgIpc) is 2.88. The van der Waals surface area contributed by atoms with Gasteiger partial charge in [0.2, 0.25) is 0 Å². The summed E-state index contributed by atoms with van der Waals surface area (Å²) in [5.74, 6) is 0. The van der Waals surface area contributed by atoms with Gasteiger partial charge in [-0.25, -0.2) is 0 Å². The van der Waals surface area contributed by atoms with Crippen molar-refractivity contribution in [1.29, 1.82) is 0 Å². The molecule has 0 bridgehead atoms. The first-order chi connectivity index (χ1) is 9.15. The molecule has 0 amide bonds. The Morgan fingerprint density at radius 2 is 1.89 bits per heavy atom. The summed E-state index contributed by atoms with van der Waals surface area (Å²) in [7, 11) is 0. The van der Waals surface area contributed by atoms with Gasteiger partial charge in [-0.2, -0.15) is 0 Å². The molecule has 0 saturated carbocycles. The van der Waals surface area contributed by atoms with Crippen LogP contribution in [0.5, 0.6) is 0 Å². The molecule has 2 aromatic carbocycles. The molecule has 0 spiro atoms. The quantitative estimate of drug-likeness (QED) is 0.891. The van der Waals surface area contributed by atoms with Crippen LogP contribution in [-0.2, 0) is 18.0 Å². The lowest BCUT2D eigenvalue weighted by molar-refractivity contribution is 0.134. The molecule has 1 unspecified atom stereocenters. The van der Waals surface area contributed by atoms with E-state index in [2.05, 4.69) is 34.1 Å². The minimum Gasteiger partial charge on any atom is -0.372 e. The zero-order chi connectivity index (χ0) is 13.4. The van der Waals surface area contributed by atoms with E-state index in [1.165, 1.54) is 11.1 Å². The normalized spacial score (nSPS) is 15.3. The monoisotopic (exact) mass is 337 g/mol. The fraction of sp³-hybridized carbons (Fsp3) is 0.200. The number of ether oxygens (including phenoxy) is 1. The van der Waals surface area contributed by atoms with Crippen LogP contribution < -0.4 is 5.73 Å². The largest absolute Gasteiger partial charge is 0.372 e. The van der Waals surface area contributed by atoms with Gasteiger partial charge in [-0.05, 0) is 40.5 Å². The van der Waals surface area contributed by atoms with Crippen molar-refractivity contribution in [3.8, 4) is 0 Å².